The topological polar surface area (TPSA) is 131 Å². The summed E-state index contributed by atoms with van der Waals surface area (Å²) in [4.78, 5) is 53.1. The summed E-state index contributed by atoms with van der Waals surface area (Å²) in [6.07, 6.45) is 0. The number of para-hydroxylation sites is 1. The van der Waals surface area contributed by atoms with Crippen molar-refractivity contribution in [1.82, 2.24) is 5.32 Å². The maximum atomic E-state index is 14.0. The van der Waals surface area contributed by atoms with E-state index in [4.69, 9.17) is 4.74 Å². The number of rotatable bonds is 4. The van der Waals surface area contributed by atoms with Gasteiger partial charge in [-0.1, -0.05) is 32.0 Å². The zero-order valence-electron chi connectivity index (χ0n) is 19.1. The molecular formula is C24H24N4O6. The van der Waals surface area contributed by atoms with Crippen LogP contribution in [0.25, 0.3) is 0 Å². The van der Waals surface area contributed by atoms with Crippen molar-refractivity contribution in [3.05, 3.63) is 57.6 Å². The largest absolute Gasteiger partial charge is 0.490 e. The Morgan fingerprint density at radius 2 is 1.85 bits per heavy atom. The van der Waals surface area contributed by atoms with Gasteiger partial charge in [0.15, 0.2) is 5.75 Å². The van der Waals surface area contributed by atoms with E-state index in [2.05, 4.69) is 10.6 Å². The lowest BCUT2D eigenvalue weighted by molar-refractivity contribution is -0.385. The maximum absolute atomic E-state index is 14.0. The zero-order chi connectivity index (χ0) is 24.5. The number of nitro groups is 1. The Kier molecular flexibility index (Phi) is 4.77. The van der Waals surface area contributed by atoms with Gasteiger partial charge in [-0.2, -0.15) is 0 Å². The quantitative estimate of drug-likeness (QED) is 0.404. The molecule has 176 valence electrons. The van der Waals surface area contributed by atoms with E-state index in [1.165, 1.54) is 19.2 Å². The molecule has 2 saturated heterocycles. The molecule has 2 aromatic rings. The summed E-state index contributed by atoms with van der Waals surface area (Å²) in [5.41, 5.74) is 0.209. The third-order valence-corrected chi connectivity index (χ3v) is 7.21. The third-order valence-electron chi connectivity index (χ3n) is 7.21. The molecule has 2 aromatic carbocycles. The van der Waals surface area contributed by atoms with Gasteiger partial charge in [0.05, 0.1) is 29.6 Å². The van der Waals surface area contributed by atoms with Crippen LogP contribution in [0.1, 0.15) is 25.0 Å². The summed E-state index contributed by atoms with van der Waals surface area (Å²) in [6.45, 7) is 5.47. The lowest BCUT2D eigenvalue weighted by Crippen LogP contribution is -2.54. The van der Waals surface area contributed by atoms with Crippen LogP contribution >= 0.6 is 0 Å². The second-order valence-electron chi connectivity index (χ2n) is 9.30. The molecule has 10 nitrogen and oxygen atoms in total. The Morgan fingerprint density at radius 1 is 1.15 bits per heavy atom. The first-order valence-corrected chi connectivity index (χ1v) is 11.0. The highest BCUT2D eigenvalue weighted by molar-refractivity contribution is 6.26. The number of carbonyl (C=O) groups is 3. The van der Waals surface area contributed by atoms with Crippen LogP contribution in [0.4, 0.5) is 17.1 Å². The Hall–Kier alpha value is -3.79. The van der Waals surface area contributed by atoms with Crippen LogP contribution in [-0.2, 0) is 19.9 Å². The van der Waals surface area contributed by atoms with Crippen LogP contribution in [0, 0.1) is 34.8 Å². The minimum Gasteiger partial charge on any atom is -0.490 e. The Morgan fingerprint density at radius 3 is 2.50 bits per heavy atom. The summed E-state index contributed by atoms with van der Waals surface area (Å²) < 4.78 is 5.18. The number of benzene rings is 2. The molecule has 0 bridgehead atoms. The number of nitro benzene ring substituents is 1. The predicted octanol–water partition coefficient (Wildman–Crippen LogP) is 2.49. The molecule has 4 atom stereocenters. The molecule has 2 fully saturated rings. The van der Waals surface area contributed by atoms with Gasteiger partial charge in [0.2, 0.25) is 17.7 Å². The van der Waals surface area contributed by atoms with E-state index in [-0.39, 0.29) is 28.9 Å². The number of aryl methyl sites for hydroxylation is 1. The smallest absolute Gasteiger partial charge is 0.311 e. The van der Waals surface area contributed by atoms with Crippen LogP contribution in [0.5, 0.6) is 5.75 Å². The van der Waals surface area contributed by atoms with Gasteiger partial charge in [-0.15, -0.1) is 0 Å². The van der Waals surface area contributed by atoms with Gasteiger partial charge in [-0.05, 0) is 24.5 Å². The van der Waals surface area contributed by atoms with E-state index in [1.807, 2.05) is 13.8 Å². The molecular weight excluding hydrogens is 440 g/mol. The van der Waals surface area contributed by atoms with Crippen LogP contribution in [0.2, 0.25) is 0 Å². The second-order valence-corrected chi connectivity index (χ2v) is 9.30. The highest BCUT2D eigenvalue weighted by atomic mass is 16.6. The number of anilines is 2. The Bertz CT molecular complexity index is 1270. The SMILES string of the molecule is COc1cc(N2C(=O)[C@H]3[C@@H](C(C)C)N[C@@]4(C(=O)Nc5ccccc54)[C@@H]3C2=O)c(C)cc1[N+](=O)[O-]. The van der Waals surface area contributed by atoms with E-state index in [1.54, 1.807) is 31.2 Å². The molecule has 0 aliphatic carbocycles. The number of amides is 3. The van der Waals surface area contributed by atoms with Gasteiger partial charge in [0.1, 0.15) is 5.54 Å². The van der Waals surface area contributed by atoms with Crippen molar-refractivity contribution in [3.8, 4) is 5.75 Å². The van der Waals surface area contributed by atoms with E-state index < -0.39 is 40.2 Å². The predicted molar refractivity (Wildman–Crippen MR) is 122 cm³/mol. The Balaban J connectivity index is 1.68. The fraction of sp³-hybridized carbons (Fsp3) is 0.375. The van der Waals surface area contributed by atoms with Crippen molar-refractivity contribution < 1.29 is 24.0 Å². The molecule has 34 heavy (non-hydrogen) atoms. The zero-order valence-corrected chi connectivity index (χ0v) is 19.1. The lowest BCUT2D eigenvalue weighted by Gasteiger charge is -2.30. The van der Waals surface area contributed by atoms with Gasteiger partial charge in [0.25, 0.3) is 0 Å². The van der Waals surface area contributed by atoms with Crippen molar-refractivity contribution in [2.24, 2.45) is 17.8 Å². The Labute approximate surface area is 195 Å². The van der Waals surface area contributed by atoms with Gasteiger partial charge in [-0.3, -0.25) is 29.8 Å². The van der Waals surface area contributed by atoms with E-state index in [9.17, 15) is 24.5 Å². The molecule has 10 heteroatoms. The van der Waals surface area contributed by atoms with Crippen LogP contribution < -0.4 is 20.3 Å². The van der Waals surface area contributed by atoms with Gasteiger partial charge >= 0.3 is 5.69 Å². The molecule has 0 radical (unpaired) electrons. The lowest BCUT2D eigenvalue weighted by atomic mass is 9.76. The third kappa shape index (κ3) is 2.68. The molecule has 0 aromatic heterocycles. The monoisotopic (exact) mass is 464 g/mol. The van der Waals surface area contributed by atoms with Crippen molar-refractivity contribution in [2.75, 3.05) is 17.3 Å². The van der Waals surface area contributed by atoms with Gasteiger partial charge in [-0.25, -0.2) is 4.90 Å². The van der Waals surface area contributed by atoms with Crippen molar-refractivity contribution in [3.63, 3.8) is 0 Å². The van der Waals surface area contributed by atoms with Crippen LogP contribution in [0.3, 0.4) is 0 Å². The van der Waals surface area contributed by atoms with Crippen LogP contribution in [-0.4, -0.2) is 35.8 Å². The average Bonchev–Trinajstić information content (AvgIpc) is 3.39. The van der Waals surface area contributed by atoms with Gasteiger partial charge in [0, 0.05) is 29.4 Å². The highest BCUT2D eigenvalue weighted by Gasteiger charge is 2.71. The number of imide groups is 1. The molecule has 0 saturated carbocycles. The normalized spacial score (nSPS) is 27.4. The second kappa shape index (κ2) is 7.36. The van der Waals surface area contributed by atoms with E-state index in [0.717, 1.165) is 4.90 Å². The minimum absolute atomic E-state index is 0.0448. The van der Waals surface area contributed by atoms with Crippen molar-refractivity contribution >= 4 is 34.8 Å². The molecule has 0 unspecified atom stereocenters. The number of nitrogens with zero attached hydrogens (tertiary/aromatic N) is 2. The standard InChI is InChI=1S/C24H24N4O6/c1-11(2)20-18-19(24(26-20)13-7-5-6-8-14(13)25-23(24)31)22(30)27(21(18)29)15-10-17(34-4)16(28(32)33)9-12(15)3/h5-11,18-20,26H,1-4H3,(H,25,31)/t18-,19+,20-,24-/m1/s1. The average molecular weight is 464 g/mol. The van der Waals surface area contributed by atoms with Crippen molar-refractivity contribution in [2.45, 2.75) is 32.4 Å². The number of hydrogen-bond acceptors (Lipinski definition) is 7. The number of carbonyl (C=O) groups excluding carboxylic acids is 3. The number of hydrogen-bond donors (Lipinski definition) is 2. The van der Waals surface area contributed by atoms with E-state index >= 15 is 0 Å². The van der Waals surface area contributed by atoms with Crippen LogP contribution in [0.15, 0.2) is 36.4 Å². The fourth-order valence-electron chi connectivity index (χ4n) is 5.71. The first-order valence-electron chi connectivity index (χ1n) is 11.0. The summed E-state index contributed by atoms with van der Waals surface area (Å²) in [5, 5.41) is 17.7. The van der Waals surface area contributed by atoms with E-state index in [0.29, 0.717) is 16.8 Å². The number of ether oxygens (including phenoxy) is 1. The van der Waals surface area contributed by atoms with Gasteiger partial charge < -0.3 is 10.1 Å². The molecule has 2 N–H and O–H groups in total. The molecule has 5 rings (SSSR count). The first kappa shape index (κ1) is 22.0. The number of methoxy groups -OCH3 is 1. The van der Waals surface area contributed by atoms with Crippen molar-refractivity contribution in [1.29, 1.82) is 0 Å². The minimum atomic E-state index is -1.38. The molecule has 3 aliphatic rings. The highest BCUT2D eigenvalue weighted by Crippen LogP contribution is 2.55. The number of nitrogens with one attached hydrogen (secondary N) is 2. The molecule has 3 heterocycles. The molecule has 1 spiro atoms. The number of fused-ring (bicyclic) bond motifs is 4. The summed E-state index contributed by atoms with van der Waals surface area (Å²) in [5.74, 6) is -3.16. The molecule has 3 amide bonds. The fourth-order valence-corrected chi connectivity index (χ4v) is 5.71. The maximum Gasteiger partial charge on any atom is 0.311 e. The summed E-state index contributed by atoms with van der Waals surface area (Å²) in [6, 6.07) is 9.36. The molecule has 3 aliphatic heterocycles. The summed E-state index contributed by atoms with van der Waals surface area (Å²) >= 11 is 0. The summed E-state index contributed by atoms with van der Waals surface area (Å²) in [7, 11) is 1.29. The first-order chi connectivity index (χ1) is 16.1.